The number of carbonyl (C=O) groups excluding carboxylic acids is 2. The molecule has 1 saturated heterocycles. The molecule has 6 nitrogen and oxygen atoms in total. The third-order valence-electron chi connectivity index (χ3n) is 6.97. The smallest absolute Gasteiger partial charge is 0.224 e. The van der Waals surface area contributed by atoms with Crippen LogP contribution in [0, 0.1) is 17.6 Å². The average Bonchev–Trinajstić information content (AvgIpc) is 3.30. The number of piperidine rings is 1. The van der Waals surface area contributed by atoms with Crippen molar-refractivity contribution in [3.8, 4) is 0 Å². The van der Waals surface area contributed by atoms with Crippen LogP contribution < -0.4 is 5.32 Å². The van der Waals surface area contributed by atoms with Gasteiger partial charge in [-0.15, -0.1) is 0 Å². The minimum atomic E-state index is -0.963. The SMILES string of the molecule is C[C@@H]1CCC[C@H](C)N1CC(=O)C[C@@H](Cc1ccc(F)c(F)c1)C(=O)NCc1cnc2[nH]ccc2c1. The van der Waals surface area contributed by atoms with Gasteiger partial charge in [0.1, 0.15) is 11.4 Å². The number of H-pyrrole nitrogens is 1. The summed E-state index contributed by atoms with van der Waals surface area (Å²) in [5, 5.41) is 3.85. The summed E-state index contributed by atoms with van der Waals surface area (Å²) in [6, 6.07) is 8.08. The third-order valence-corrected chi connectivity index (χ3v) is 6.97. The van der Waals surface area contributed by atoms with E-state index < -0.39 is 17.6 Å². The van der Waals surface area contributed by atoms with Gasteiger partial charge in [0.25, 0.3) is 0 Å². The molecule has 3 aromatic rings. The van der Waals surface area contributed by atoms with Crippen molar-refractivity contribution in [1.82, 2.24) is 20.2 Å². The van der Waals surface area contributed by atoms with Crippen molar-refractivity contribution in [2.45, 2.75) is 64.6 Å². The Morgan fingerprint density at radius 2 is 1.89 bits per heavy atom. The zero-order valence-corrected chi connectivity index (χ0v) is 20.2. The molecule has 1 aliphatic rings. The maximum Gasteiger partial charge on any atom is 0.224 e. The molecule has 2 N–H and O–H groups in total. The minimum absolute atomic E-state index is 0.0243. The van der Waals surface area contributed by atoms with Gasteiger partial charge in [0.05, 0.1) is 6.54 Å². The highest BCUT2D eigenvalue weighted by Gasteiger charge is 2.29. The molecule has 0 unspecified atom stereocenters. The molecule has 186 valence electrons. The molecule has 0 bridgehead atoms. The lowest BCUT2D eigenvalue weighted by Gasteiger charge is -2.38. The van der Waals surface area contributed by atoms with Gasteiger partial charge in [-0.2, -0.15) is 0 Å². The van der Waals surface area contributed by atoms with E-state index in [1.807, 2.05) is 12.1 Å². The van der Waals surface area contributed by atoms with Crippen molar-refractivity contribution in [3.63, 3.8) is 0 Å². The first-order chi connectivity index (χ1) is 16.8. The highest BCUT2D eigenvalue weighted by atomic mass is 19.2. The molecule has 1 amide bonds. The van der Waals surface area contributed by atoms with E-state index in [0.717, 1.165) is 48.0 Å². The number of nitrogens with one attached hydrogen (secondary N) is 2. The Labute approximate surface area is 204 Å². The summed E-state index contributed by atoms with van der Waals surface area (Å²) in [6.45, 7) is 4.81. The molecule has 35 heavy (non-hydrogen) atoms. The first kappa shape index (κ1) is 25.0. The van der Waals surface area contributed by atoms with Crippen LogP contribution in [0.5, 0.6) is 0 Å². The lowest BCUT2D eigenvalue weighted by atomic mass is 9.91. The first-order valence-electron chi connectivity index (χ1n) is 12.2. The van der Waals surface area contributed by atoms with Gasteiger partial charge in [0.15, 0.2) is 11.6 Å². The molecular formula is C27H32F2N4O2. The molecule has 0 aliphatic carbocycles. The van der Waals surface area contributed by atoms with Crippen LogP contribution in [0.4, 0.5) is 8.78 Å². The summed E-state index contributed by atoms with van der Waals surface area (Å²) < 4.78 is 27.2. The molecule has 0 saturated carbocycles. The fraction of sp³-hybridized carbons (Fsp3) is 0.444. The monoisotopic (exact) mass is 482 g/mol. The number of carbonyl (C=O) groups is 2. The number of hydrogen-bond donors (Lipinski definition) is 2. The zero-order chi connectivity index (χ0) is 24.9. The highest BCUT2D eigenvalue weighted by molar-refractivity contribution is 5.88. The Balaban J connectivity index is 1.45. The standard InChI is InChI=1S/C27H32F2N4O2/c1-17-4-3-5-18(2)33(17)16-23(34)13-22(10-19-6-7-24(28)25(29)12-19)27(35)32-15-20-11-21-8-9-30-26(21)31-14-20/h6-9,11-12,14,17-18,22H,3-5,10,13,15-16H2,1-2H3,(H,30,31)(H,32,35)/t17-,18+,22-/m1/s1. The van der Waals surface area contributed by atoms with Crippen LogP contribution in [0.1, 0.15) is 50.7 Å². The molecule has 1 aromatic carbocycles. The molecular weight excluding hydrogens is 450 g/mol. The predicted octanol–water partition coefficient (Wildman–Crippen LogP) is 4.54. The van der Waals surface area contributed by atoms with Gasteiger partial charge in [0, 0.05) is 48.7 Å². The van der Waals surface area contributed by atoms with E-state index >= 15 is 0 Å². The van der Waals surface area contributed by atoms with Gasteiger partial charge in [-0.25, -0.2) is 13.8 Å². The van der Waals surface area contributed by atoms with Crippen molar-refractivity contribution >= 4 is 22.7 Å². The number of hydrogen-bond acceptors (Lipinski definition) is 4. The summed E-state index contributed by atoms with van der Waals surface area (Å²) in [6.07, 6.45) is 6.93. The topological polar surface area (TPSA) is 78.1 Å². The van der Waals surface area contributed by atoms with Gasteiger partial charge in [-0.3, -0.25) is 14.5 Å². The van der Waals surface area contributed by atoms with Gasteiger partial charge < -0.3 is 10.3 Å². The van der Waals surface area contributed by atoms with Crippen LogP contribution in [0.15, 0.2) is 42.7 Å². The molecule has 1 fully saturated rings. The second kappa shape index (κ2) is 11.1. The molecule has 0 radical (unpaired) electrons. The highest BCUT2D eigenvalue weighted by Crippen LogP contribution is 2.23. The molecule has 3 atom stereocenters. The number of fused-ring (bicyclic) bond motifs is 1. The number of benzene rings is 1. The number of amides is 1. The summed E-state index contributed by atoms with van der Waals surface area (Å²) in [7, 11) is 0. The van der Waals surface area contributed by atoms with Crippen molar-refractivity contribution in [2.75, 3.05) is 6.54 Å². The van der Waals surface area contributed by atoms with E-state index in [4.69, 9.17) is 0 Å². The number of ketones is 1. The fourth-order valence-electron chi connectivity index (χ4n) is 4.95. The van der Waals surface area contributed by atoms with Crippen LogP contribution in [-0.2, 0) is 22.6 Å². The molecule has 2 aromatic heterocycles. The number of aromatic nitrogens is 2. The van der Waals surface area contributed by atoms with Crippen LogP contribution >= 0.6 is 0 Å². The number of rotatable bonds is 9. The number of nitrogens with zero attached hydrogens (tertiary/aromatic N) is 2. The normalized spacial score (nSPS) is 19.5. The maximum absolute atomic E-state index is 13.8. The zero-order valence-electron chi connectivity index (χ0n) is 20.2. The summed E-state index contributed by atoms with van der Waals surface area (Å²) in [4.78, 5) is 35.8. The predicted molar refractivity (Wildman–Crippen MR) is 131 cm³/mol. The van der Waals surface area contributed by atoms with E-state index in [1.165, 1.54) is 6.07 Å². The Morgan fingerprint density at radius 1 is 1.11 bits per heavy atom. The van der Waals surface area contributed by atoms with Crippen LogP contribution in [0.3, 0.4) is 0 Å². The largest absolute Gasteiger partial charge is 0.352 e. The Kier molecular flexibility index (Phi) is 7.90. The van der Waals surface area contributed by atoms with Gasteiger partial charge in [-0.1, -0.05) is 12.5 Å². The second-order valence-corrected chi connectivity index (χ2v) is 9.67. The lowest BCUT2D eigenvalue weighted by molar-refractivity contribution is -0.130. The minimum Gasteiger partial charge on any atom is -0.352 e. The summed E-state index contributed by atoms with van der Waals surface area (Å²) >= 11 is 0. The van der Waals surface area contributed by atoms with Gasteiger partial charge >= 0.3 is 0 Å². The number of Topliss-reactive ketones (excluding diaryl/α,β-unsaturated/α-hetero) is 1. The average molecular weight is 483 g/mol. The van der Waals surface area contributed by atoms with E-state index in [9.17, 15) is 18.4 Å². The second-order valence-electron chi connectivity index (χ2n) is 9.67. The molecule has 8 heteroatoms. The maximum atomic E-state index is 13.8. The van der Waals surface area contributed by atoms with E-state index in [-0.39, 0.29) is 37.6 Å². The molecule has 3 heterocycles. The van der Waals surface area contributed by atoms with Crippen LogP contribution in [-0.4, -0.2) is 45.2 Å². The van der Waals surface area contributed by atoms with E-state index in [1.54, 1.807) is 12.4 Å². The summed E-state index contributed by atoms with van der Waals surface area (Å²) in [5.41, 5.74) is 2.08. The number of likely N-dealkylation sites (tertiary alicyclic amines) is 1. The van der Waals surface area contributed by atoms with Crippen molar-refractivity contribution in [3.05, 3.63) is 65.5 Å². The van der Waals surface area contributed by atoms with E-state index in [0.29, 0.717) is 17.6 Å². The Bertz CT molecular complexity index is 1180. The van der Waals surface area contributed by atoms with Crippen LogP contribution in [0.25, 0.3) is 11.0 Å². The molecule has 1 aliphatic heterocycles. The van der Waals surface area contributed by atoms with E-state index in [2.05, 4.69) is 34.0 Å². The quantitative estimate of drug-likeness (QED) is 0.470. The Morgan fingerprint density at radius 3 is 2.63 bits per heavy atom. The van der Waals surface area contributed by atoms with Crippen molar-refractivity contribution < 1.29 is 18.4 Å². The van der Waals surface area contributed by atoms with Crippen molar-refractivity contribution in [2.24, 2.45) is 5.92 Å². The molecule has 0 spiro atoms. The number of halogens is 2. The Hall–Kier alpha value is -3.13. The lowest BCUT2D eigenvalue weighted by Crippen LogP contribution is -2.46. The van der Waals surface area contributed by atoms with Crippen molar-refractivity contribution in [1.29, 1.82) is 0 Å². The van der Waals surface area contributed by atoms with Gasteiger partial charge in [0.2, 0.25) is 5.91 Å². The number of pyridine rings is 1. The summed E-state index contributed by atoms with van der Waals surface area (Å²) in [5.74, 6) is -2.91. The first-order valence-corrected chi connectivity index (χ1v) is 12.2. The third kappa shape index (κ3) is 6.31. The van der Waals surface area contributed by atoms with Crippen LogP contribution in [0.2, 0.25) is 0 Å². The van der Waals surface area contributed by atoms with Gasteiger partial charge in [-0.05, 0) is 68.5 Å². The number of aromatic amines is 1. The fourth-order valence-corrected chi connectivity index (χ4v) is 4.95. The molecule has 4 rings (SSSR count).